The van der Waals surface area contributed by atoms with Gasteiger partial charge in [0.05, 0.1) is 13.2 Å². The molecule has 0 aliphatic heterocycles. The highest BCUT2D eigenvalue weighted by Gasteiger charge is 2.16. The average molecular weight is 498 g/mol. The van der Waals surface area contributed by atoms with Crippen LogP contribution in [0.3, 0.4) is 0 Å². The van der Waals surface area contributed by atoms with E-state index in [9.17, 15) is 10.2 Å². The topological polar surface area (TPSA) is 43.7 Å². The Kier molecular flexibility index (Phi) is 30.0. The van der Waals surface area contributed by atoms with Crippen molar-refractivity contribution in [2.24, 2.45) is 0 Å². The molecule has 1 atom stereocenters. The molecule has 35 heavy (non-hydrogen) atoms. The van der Waals surface area contributed by atoms with Crippen molar-refractivity contribution in [2.75, 3.05) is 26.3 Å². The molecule has 0 amide bonds. The quantitative estimate of drug-likeness (QED) is 0.0971. The van der Waals surface area contributed by atoms with Crippen LogP contribution in [0.15, 0.2) is 0 Å². The van der Waals surface area contributed by atoms with Gasteiger partial charge in [-0.2, -0.15) is 0 Å². The second kappa shape index (κ2) is 30.1. The first-order chi connectivity index (χ1) is 17.3. The highest BCUT2D eigenvalue weighted by Crippen LogP contribution is 2.16. The molecule has 0 spiro atoms. The van der Waals surface area contributed by atoms with Gasteiger partial charge in [0, 0.05) is 12.6 Å². The van der Waals surface area contributed by atoms with E-state index in [2.05, 4.69) is 18.7 Å². The summed E-state index contributed by atoms with van der Waals surface area (Å²) in [6, 6.07) is 0.234. The number of aliphatic hydroxyl groups excluding tert-OH is 2. The van der Waals surface area contributed by atoms with E-state index in [0.29, 0.717) is 6.54 Å². The Morgan fingerprint density at radius 3 is 1.11 bits per heavy atom. The van der Waals surface area contributed by atoms with Crippen LogP contribution in [-0.2, 0) is 0 Å². The molecule has 0 aromatic rings. The van der Waals surface area contributed by atoms with Gasteiger partial charge >= 0.3 is 0 Å². The van der Waals surface area contributed by atoms with Gasteiger partial charge in [0.15, 0.2) is 0 Å². The van der Waals surface area contributed by atoms with Crippen LogP contribution in [-0.4, -0.2) is 47.5 Å². The second-order valence-electron chi connectivity index (χ2n) is 11.2. The number of nitrogens with zero attached hydrogens (tertiary/aromatic N) is 1. The average Bonchev–Trinajstić information content (AvgIpc) is 2.87. The Morgan fingerprint density at radius 2 is 0.771 bits per heavy atom. The van der Waals surface area contributed by atoms with Crippen LogP contribution in [0.1, 0.15) is 174 Å². The van der Waals surface area contributed by atoms with E-state index in [4.69, 9.17) is 0 Å². The fraction of sp³-hybridized carbons (Fsp3) is 1.00. The molecule has 212 valence electrons. The van der Waals surface area contributed by atoms with Gasteiger partial charge in [-0.15, -0.1) is 0 Å². The lowest BCUT2D eigenvalue weighted by molar-refractivity contribution is 0.0926. The molecule has 0 saturated heterocycles. The van der Waals surface area contributed by atoms with Crippen molar-refractivity contribution in [1.29, 1.82) is 0 Å². The van der Waals surface area contributed by atoms with Crippen molar-refractivity contribution in [1.82, 2.24) is 4.90 Å². The molecule has 2 N–H and O–H groups in total. The van der Waals surface area contributed by atoms with E-state index in [0.717, 1.165) is 13.0 Å². The highest BCUT2D eigenvalue weighted by molar-refractivity contribution is 4.71. The maximum atomic E-state index is 9.96. The monoisotopic (exact) mass is 498 g/mol. The molecule has 0 rings (SSSR count). The number of rotatable bonds is 30. The summed E-state index contributed by atoms with van der Waals surface area (Å²) >= 11 is 0. The summed E-state index contributed by atoms with van der Waals surface area (Å²) < 4.78 is 0. The van der Waals surface area contributed by atoms with E-state index in [-0.39, 0.29) is 19.3 Å². The van der Waals surface area contributed by atoms with Crippen molar-refractivity contribution in [3.05, 3.63) is 0 Å². The summed E-state index contributed by atoms with van der Waals surface area (Å²) in [5, 5.41) is 19.5. The standard InChI is InChI=1S/C32H67NO2/c1-3-5-7-9-11-13-15-16-17-18-19-21-23-25-27-32(31-35)33(29-30-34)28-26-24-22-20-14-12-10-8-6-4-2/h32,34-35H,3-31H2,1-2H3. The van der Waals surface area contributed by atoms with Crippen molar-refractivity contribution in [2.45, 2.75) is 180 Å². The molecule has 3 nitrogen and oxygen atoms in total. The summed E-state index contributed by atoms with van der Waals surface area (Å²) in [6.07, 6.45) is 34.0. The minimum absolute atomic E-state index is 0.201. The summed E-state index contributed by atoms with van der Waals surface area (Å²) in [7, 11) is 0. The third-order valence-corrected chi connectivity index (χ3v) is 7.80. The van der Waals surface area contributed by atoms with Crippen molar-refractivity contribution in [3.8, 4) is 0 Å². The van der Waals surface area contributed by atoms with Gasteiger partial charge in [-0.05, 0) is 19.4 Å². The fourth-order valence-electron chi connectivity index (χ4n) is 5.37. The largest absolute Gasteiger partial charge is 0.395 e. The van der Waals surface area contributed by atoms with Gasteiger partial charge in [-0.3, -0.25) is 4.90 Å². The van der Waals surface area contributed by atoms with Gasteiger partial charge in [-0.1, -0.05) is 162 Å². The Bertz CT molecular complexity index is 377. The van der Waals surface area contributed by atoms with Gasteiger partial charge in [0.1, 0.15) is 0 Å². The lowest BCUT2D eigenvalue weighted by Gasteiger charge is -2.30. The van der Waals surface area contributed by atoms with Crippen LogP contribution in [0, 0.1) is 0 Å². The third kappa shape index (κ3) is 25.3. The van der Waals surface area contributed by atoms with E-state index in [1.807, 2.05) is 0 Å². The first-order valence-corrected chi connectivity index (χ1v) is 16.3. The smallest absolute Gasteiger partial charge is 0.0586 e. The lowest BCUT2D eigenvalue weighted by atomic mass is 10.0. The van der Waals surface area contributed by atoms with Crippen LogP contribution < -0.4 is 0 Å². The van der Waals surface area contributed by atoms with Crippen LogP contribution in [0.25, 0.3) is 0 Å². The van der Waals surface area contributed by atoms with E-state index in [1.54, 1.807) is 0 Å². The number of hydrogen-bond acceptors (Lipinski definition) is 3. The number of hydrogen-bond donors (Lipinski definition) is 2. The van der Waals surface area contributed by atoms with Crippen LogP contribution in [0.2, 0.25) is 0 Å². The SMILES string of the molecule is CCCCCCCCCCCCCCCCC(CO)N(CCO)CCCCCCCCCCCC. The van der Waals surface area contributed by atoms with Crippen LogP contribution in [0.5, 0.6) is 0 Å². The molecule has 0 aromatic heterocycles. The maximum Gasteiger partial charge on any atom is 0.0586 e. The van der Waals surface area contributed by atoms with Crippen LogP contribution >= 0.6 is 0 Å². The third-order valence-electron chi connectivity index (χ3n) is 7.80. The molecule has 1 unspecified atom stereocenters. The molecule has 0 aliphatic rings. The molecule has 0 aliphatic carbocycles. The summed E-state index contributed by atoms with van der Waals surface area (Å²) in [6.45, 7) is 6.74. The first kappa shape index (κ1) is 34.9. The Balaban J connectivity index is 3.67. The van der Waals surface area contributed by atoms with Gasteiger partial charge in [-0.25, -0.2) is 0 Å². The normalized spacial score (nSPS) is 12.6. The molecular weight excluding hydrogens is 430 g/mol. The zero-order chi connectivity index (χ0) is 25.7. The highest BCUT2D eigenvalue weighted by atomic mass is 16.3. The van der Waals surface area contributed by atoms with E-state index in [1.165, 1.54) is 154 Å². The second-order valence-corrected chi connectivity index (χ2v) is 11.2. The number of aliphatic hydroxyl groups is 2. The Hall–Kier alpha value is -0.120. The van der Waals surface area contributed by atoms with Gasteiger partial charge in [0.2, 0.25) is 0 Å². The molecular formula is C32H67NO2. The van der Waals surface area contributed by atoms with Gasteiger partial charge < -0.3 is 10.2 Å². The van der Waals surface area contributed by atoms with Crippen molar-refractivity contribution in [3.63, 3.8) is 0 Å². The zero-order valence-corrected chi connectivity index (χ0v) is 24.4. The van der Waals surface area contributed by atoms with E-state index < -0.39 is 0 Å². The predicted octanol–water partition coefficient (Wildman–Crippen LogP) is 9.43. The summed E-state index contributed by atoms with van der Waals surface area (Å²) in [5.41, 5.74) is 0. The molecule has 0 saturated carbocycles. The maximum absolute atomic E-state index is 9.96. The summed E-state index contributed by atoms with van der Waals surface area (Å²) in [4.78, 5) is 2.35. The molecule has 0 fully saturated rings. The van der Waals surface area contributed by atoms with Crippen molar-refractivity contribution < 1.29 is 10.2 Å². The number of unbranched alkanes of at least 4 members (excludes halogenated alkanes) is 22. The van der Waals surface area contributed by atoms with Crippen molar-refractivity contribution >= 4 is 0 Å². The zero-order valence-electron chi connectivity index (χ0n) is 24.4. The first-order valence-electron chi connectivity index (χ1n) is 16.3. The minimum Gasteiger partial charge on any atom is -0.395 e. The molecule has 0 aromatic carbocycles. The predicted molar refractivity (Wildman–Crippen MR) is 156 cm³/mol. The molecule has 0 bridgehead atoms. The molecule has 0 heterocycles. The molecule has 3 heteroatoms. The van der Waals surface area contributed by atoms with Crippen LogP contribution in [0.4, 0.5) is 0 Å². The summed E-state index contributed by atoms with van der Waals surface area (Å²) in [5.74, 6) is 0. The minimum atomic E-state index is 0.201. The van der Waals surface area contributed by atoms with E-state index >= 15 is 0 Å². The Labute approximate surface area is 221 Å². The van der Waals surface area contributed by atoms with Gasteiger partial charge in [0.25, 0.3) is 0 Å². The molecule has 0 radical (unpaired) electrons. The Morgan fingerprint density at radius 1 is 0.429 bits per heavy atom. The fourth-order valence-corrected chi connectivity index (χ4v) is 5.37. The lowest BCUT2D eigenvalue weighted by Crippen LogP contribution is -2.40.